The van der Waals surface area contributed by atoms with E-state index in [0.29, 0.717) is 5.88 Å². The molecule has 0 spiro atoms. The van der Waals surface area contributed by atoms with Crippen molar-refractivity contribution in [2.75, 3.05) is 0 Å². The first-order valence-corrected chi connectivity index (χ1v) is 7.92. The standard InChI is InChI=1S/C14H13INO3/c1-10-2-5-12(6-3-10)19-13-7-4-11(16-13)8-9-15-14(17)18/h2-9,16H,1H3,(H,17,18)/q-1/b9-8+. The third kappa shape index (κ3) is 4.44. The van der Waals surface area contributed by atoms with Crippen molar-refractivity contribution in [1.82, 2.24) is 4.98 Å². The van der Waals surface area contributed by atoms with E-state index in [4.69, 9.17) is 9.84 Å². The summed E-state index contributed by atoms with van der Waals surface area (Å²) in [5.41, 5.74) is 2.02. The molecule has 0 saturated heterocycles. The van der Waals surface area contributed by atoms with Crippen LogP contribution in [0.5, 0.6) is 11.6 Å². The van der Waals surface area contributed by atoms with E-state index in [1.165, 1.54) is 5.56 Å². The van der Waals surface area contributed by atoms with Crippen LogP contribution in [0.2, 0.25) is 0 Å². The van der Waals surface area contributed by atoms with E-state index in [2.05, 4.69) is 4.98 Å². The molecule has 0 fully saturated rings. The van der Waals surface area contributed by atoms with E-state index in [-0.39, 0.29) is 0 Å². The summed E-state index contributed by atoms with van der Waals surface area (Å²) >= 11 is -0.929. The summed E-state index contributed by atoms with van der Waals surface area (Å²) in [5, 5.41) is 8.58. The van der Waals surface area contributed by atoms with Crippen LogP contribution in [0.1, 0.15) is 11.3 Å². The molecule has 0 atom stereocenters. The zero-order chi connectivity index (χ0) is 13.7. The van der Waals surface area contributed by atoms with Gasteiger partial charge in [-0.2, -0.15) is 0 Å². The number of H-pyrrole nitrogens is 1. The Labute approximate surface area is 121 Å². The number of aromatic amines is 1. The van der Waals surface area contributed by atoms with Gasteiger partial charge in [0.1, 0.15) is 0 Å². The van der Waals surface area contributed by atoms with E-state index < -0.39 is 25.2 Å². The molecule has 0 amide bonds. The van der Waals surface area contributed by atoms with Crippen molar-refractivity contribution in [2.24, 2.45) is 0 Å². The van der Waals surface area contributed by atoms with Gasteiger partial charge in [-0.15, -0.1) is 0 Å². The second-order valence-electron chi connectivity index (χ2n) is 3.85. The van der Waals surface area contributed by atoms with E-state index in [1.807, 2.05) is 43.3 Å². The monoisotopic (exact) mass is 370 g/mol. The number of halogens is 1. The normalized spacial score (nSPS) is 11.0. The van der Waals surface area contributed by atoms with Crippen LogP contribution in [0.4, 0.5) is 4.79 Å². The molecule has 1 heterocycles. The SMILES string of the molecule is Cc1ccc(Oc2ccc(/C=C/[I-]C(=O)O)[nH]2)cc1. The Morgan fingerprint density at radius 2 is 2.00 bits per heavy atom. The molecule has 2 aromatic rings. The fourth-order valence-corrected chi connectivity index (χ4v) is 2.31. The molecule has 100 valence electrons. The van der Waals surface area contributed by atoms with Crippen LogP contribution in [-0.2, 0) is 0 Å². The van der Waals surface area contributed by atoms with Gasteiger partial charge in [0.25, 0.3) is 0 Å². The van der Waals surface area contributed by atoms with Gasteiger partial charge in [-0.1, -0.05) is 0 Å². The van der Waals surface area contributed by atoms with Crippen molar-refractivity contribution >= 4 is 10.1 Å². The molecule has 19 heavy (non-hydrogen) atoms. The summed E-state index contributed by atoms with van der Waals surface area (Å²) in [4.78, 5) is 13.5. The molecule has 0 unspecified atom stereocenters. The number of rotatable bonds is 5. The third-order valence-electron chi connectivity index (χ3n) is 2.33. The number of hydrogen-bond acceptors (Lipinski definition) is 2. The maximum absolute atomic E-state index is 10.4. The fraction of sp³-hybridized carbons (Fsp3) is 0.0714. The summed E-state index contributed by atoms with van der Waals surface area (Å²) in [6.07, 6.45) is 1.77. The minimum atomic E-state index is -0.929. The molecule has 2 rings (SSSR count). The first-order valence-electron chi connectivity index (χ1n) is 5.60. The van der Waals surface area contributed by atoms with Crippen LogP contribution in [0.25, 0.3) is 6.08 Å². The van der Waals surface area contributed by atoms with Gasteiger partial charge in [0.2, 0.25) is 0 Å². The zero-order valence-corrected chi connectivity index (χ0v) is 12.4. The quantitative estimate of drug-likeness (QED) is 0.606. The molecule has 0 aliphatic rings. The first kappa shape index (κ1) is 13.7. The van der Waals surface area contributed by atoms with Crippen LogP contribution in [0.3, 0.4) is 0 Å². The summed E-state index contributed by atoms with van der Waals surface area (Å²) in [6.45, 7) is 2.02. The van der Waals surface area contributed by atoms with Crippen molar-refractivity contribution in [3.63, 3.8) is 0 Å². The van der Waals surface area contributed by atoms with Gasteiger partial charge >= 0.3 is 121 Å². The van der Waals surface area contributed by atoms with E-state index in [0.717, 1.165) is 11.4 Å². The van der Waals surface area contributed by atoms with Crippen LogP contribution in [0, 0.1) is 6.92 Å². The van der Waals surface area contributed by atoms with Gasteiger partial charge < -0.3 is 0 Å². The molecule has 2 N–H and O–H groups in total. The number of aryl methyl sites for hydroxylation is 1. The number of ether oxygens (including phenoxy) is 1. The molecule has 0 saturated carbocycles. The minimum absolute atomic E-state index is 0.636. The summed E-state index contributed by atoms with van der Waals surface area (Å²) in [6, 6.07) is 11.4. The Morgan fingerprint density at radius 1 is 1.26 bits per heavy atom. The molecule has 0 bridgehead atoms. The number of aromatic nitrogens is 1. The van der Waals surface area contributed by atoms with E-state index in [1.54, 1.807) is 10.2 Å². The molecular weight excluding hydrogens is 357 g/mol. The Kier molecular flexibility index (Phi) is 4.62. The van der Waals surface area contributed by atoms with Crippen LogP contribution in [-0.4, -0.2) is 14.1 Å². The number of carbonyl (C=O) groups is 1. The Balaban J connectivity index is 1.99. The Bertz CT molecular complexity index is 587. The van der Waals surface area contributed by atoms with E-state index >= 15 is 0 Å². The molecule has 0 aliphatic heterocycles. The van der Waals surface area contributed by atoms with Gasteiger partial charge in [0, 0.05) is 0 Å². The van der Waals surface area contributed by atoms with Gasteiger partial charge in [-0.25, -0.2) is 0 Å². The second kappa shape index (κ2) is 6.42. The van der Waals surface area contributed by atoms with Gasteiger partial charge in [0.05, 0.1) is 0 Å². The number of carboxylic acid groups (broad SMARTS) is 1. The van der Waals surface area contributed by atoms with Crippen molar-refractivity contribution in [2.45, 2.75) is 6.92 Å². The molecule has 1 aromatic heterocycles. The number of hydrogen-bond donors (Lipinski definition) is 2. The van der Waals surface area contributed by atoms with E-state index in [9.17, 15) is 4.79 Å². The van der Waals surface area contributed by atoms with Crippen molar-refractivity contribution in [3.05, 3.63) is 51.7 Å². The first-order chi connectivity index (χ1) is 9.13. The Morgan fingerprint density at radius 3 is 2.68 bits per heavy atom. The number of nitrogens with one attached hydrogen (secondary N) is 1. The van der Waals surface area contributed by atoms with Crippen molar-refractivity contribution in [3.8, 4) is 11.6 Å². The van der Waals surface area contributed by atoms with Crippen LogP contribution in [0.15, 0.2) is 40.5 Å². The zero-order valence-electron chi connectivity index (χ0n) is 10.3. The molecule has 4 nitrogen and oxygen atoms in total. The molecule has 0 aliphatic carbocycles. The third-order valence-corrected chi connectivity index (χ3v) is 3.58. The molecule has 0 radical (unpaired) electrons. The summed E-state index contributed by atoms with van der Waals surface area (Å²) in [5.74, 6) is 1.40. The topological polar surface area (TPSA) is 62.3 Å². The fourth-order valence-electron chi connectivity index (χ4n) is 1.43. The number of benzene rings is 1. The van der Waals surface area contributed by atoms with Crippen molar-refractivity contribution in [1.29, 1.82) is 0 Å². The summed E-state index contributed by atoms with van der Waals surface area (Å²) < 4.78 is 6.60. The second-order valence-corrected chi connectivity index (χ2v) is 6.11. The van der Waals surface area contributed by atoms with Crippen LogP contribution >= 0.6 is 0 Å². The predicted octanol–water partition coefficient (Wildman–Crippen LogP) is 0.853. The van der Waals surface area contributed by atoms with Gasteiger partial charge in [0.15, 0.2) is 0 Å². The van der Waals surface area contributed by atoms with Crippen molar-refractivity contribution < 1.29 is 35.8 Å². The Hall–Kier alpha value is -1.76. The molecule has 1 aromatic carbocycles. The average molecular weight is 370 g/mol. The maximum atomic E-state index is 10.4. The average Bonchev–Trinajstić information content (AvgIpc) is 2.79. The van der Waals surface area contributed by atoms with Gasteiger partial charge in [-0.3, -0.25) is 0 Å². The van der Waals surface area contributed by atoms with Gasteiger partial charge in [-0.05, 0) is 0 Å². The summed E-state index contributed by atoms with van der Waals surface area (Å²) in [7, 11) is 0. The molecular formula is C14H13INO3-. The predicted molar refractivity (Wildman–Crippen MR) is 69.1 cm³/mol. The van der Waals surface area contributed by atoms with Crippen LogP contribution < -0.4 is 25.9 Å². The molecule has 5 heteroatoms.